The van der Waals surface area contributed by atoms with Gasteiger partial charge in [0.25, 0.3) is 5.91 Å². The van der Waals surface area contributed by atoms with Crippen molar-refractivity contribution in [1.82, 2.24) is 14.9 Å². The van der Waals surface area contributed by atoms with Gasteiger partial charge < -0.3 is 19.3 Å². The highest BCUT2D eigenvalue weighted by Crippen LogP contribution is 2.35. The fourth-order valence-electron chi connectivity index (χ4n) is 4.87. The highest BCUT2D eigenvalue weighted by atomic mass is 19.1. The molecule has 0 atom stereocenters. The van der Waals surface area contributed by atoms with E-state index in [1.165, 1.54) is 11.6 Å². The Hall–Kier alpha value is -3.52. The molecule has 5 rings (SSSR count). The number of hydrogen-bond acceptors (Lipinski definition) is 6. The van der Waals surface area contributed by atoms with Gasteiger partial charge in [0.15, 0.2) is 0 Å². The summed E-state index contributed by atoms with van der Waals surface area (Å²) in [7, 11) is 1.68. The largest absolute Gasteiger partial charge is 0.496 e. The average molecular weight is 477 g/mol. The zero-order chi connectivity index (χ0) is 24.2. The minimum absolute atomic E-state index is 0.171. The molecule has 2 aromatic carbocycles. The maximum atomic E-state index is 14.8. The van der Waals surface area contributed by atoms with Crippen LogP contribution in [0.25, 0.3) is 11.3 Å². The third-order valence-electron chi connectivity index (χ3n) is 6.79. The van der Waals surface area contributed by atoms with E-state index in [9.17, 15) is 9.18 Å². The lowest BCUT2D eigenvalue weighted by Crippen LogP contribution is -2.39. The number of likely N-dealkylation sites (tertiary alicyclic amines) is 1. The van der Waals surface area contributed by atoms with Gasteiger partial charge in [-0.05, 0) is 42.5 Å². The maximum Gasteiger partial charge on any atom is 0.257 e. The summed E-state index contributed by atoms with van der Waals surface area (Å²) < 4.78 is 25.8. The number of piperidine rings is 1. The number of methoxy groups -OCH3 is 1. The first-order valence-corrected chi connectivity index (χ1v) is 12.0. The first kappa shape index (κ1) is 23.2. The third-order valence-corrected chi connectivity index (χ3v) is 6.79. The summed E-state index contributed by atoms with van der Waals surface area (Å²) in [6.07, 6.45) is 3.20. The van der Waals surface area contributed by atoms with Crippen molar-refractivity contribution in [3.05, 3.63) is 71.7 Å². The van der Waals surface area contributed by atoms with Crippen molar-refractivity contribution in [2.45, 2.75) is 18.8 Å². The van der Waals surface area contributed by atoms with Crippen molar-refractivity contribution in [2.75, 3.05) is 51.4 Å². The molecule has 0 spiro atoms. The van der Waals surface area contributed by atoms with Crippen LogP contribution in [0.3, 0.4) is 0 Å². The lowest BCUT2D eigenvalue weighted by molar-refractivity contribution is 0.0712. The van der Waals surface area contributed by atoms with Gasteiger partial charge in [-0.2, -0.15) is 0 Å². The van der Waals surface area contributed by atoms with E-state index in [0.29, 0.717) is 68.1 Å². The topological polar surface area (TPSA) is 67.8 Å². The number of rotatable bonds is 5. The summed E-state index contributed by atoms with van der Waals surface area (Å²) in [5, 5.41) is 0. The standard InChI is InChI=1S/C27H29FN4O3/c1-34-24-9-5-3-6-20(24)19-10-12-31(13-11-19)26(33)22-18-29-27(32-14-16-35-17-15-32)30-25(22)21-7-2-4-8-23(21)28/h2-9,18-19H,10-17H2,1H3. The molecule has 1 aromatic heterocycles. The smallest absolute Gasteiger partial charge is 0.257 e. The summed E-state index contributed by atoms with van der Waals surface area (Å²) in [5.41, 5.74) is 2.13. The van der Waals surface area contributed by atoms with Gasteiger partial charge in [-0.1, -0.05) is 30.3 Å². The normalized spacial score (nSPS) is 16.9. The summed E-state index contributed by atoms with van der Waals surface area (Å²) in [6, 6.07) is 14.5. The van der Waals surface area contributed by atoms with Crippen LogP contribution < -0.4 is 9.64 Å². The number of amides is 1. The van der Waals surface area contributed by atoms with Crippen molar-refractivity contribution in [2.24, 2.45) is 0 Å². The van der Waals surface area contributed by atoms with Crippen LogP contribution in [0.4, 0.5) is 10.3 Å². The third kappa shape index (κ3) is 4.84. The van der Waals surface area contributed by atoms with E-state index in [0.717, 1.165) is 18.6 Å². The van der Waals surface area contributed by atoms with Crippen molar-refractivity contribution >= 4 is 11.9 Å². The molecular weight excluding hydrogens is 447 g/mol. The predicted molar refractivity (Wildman–Crippen MR) is 131 cm³/mol. The summed E-state index contributed by atoms with van der Waals surface area (Å²) in [5.74, 6) is 1.10. The van der Waals surface area contributed by atoms with Crippen LogP contribution in [0.2, 0.25) is 0 Å². The van der Waals surface area contributed by atoms with Gasteiger partial charge in [0.05, 0.1) is 31.6 Å². The number of morpholine rings is 1. The van der Waals surface area contributed by atoms with Gasteiger partial charge in [-0.15, -0.1) is 0 Å². The van der Waals surface area contributed by atoms with E-state index in [1.807, 2.05) is 28.0 Å². The summed E-state index contributed by atoms with van der Waals surface area (Å²) >= 11 is 0. The molecule has 2 fully saturated rings. The minimum atomic E-state index is -0.414. The number of nitrogens with zero attached hydrogens (tertiary/aromatic N) is 4. The van der Waals surface area contributed by atoms with E-state index >= 15 is 0 Å². The Kier molecular flexibility index (Phi) is 6.90. The lowest BCUT2D eigenvalue weighted by atomic mass is 9.88. The molecule has 0 bridgehead atoms. The van der Waals surface area contributed by atoms with Gasteiger partial charge in [0.1, 0.15) is 11.6 Å². The zero-order valence-corrected chi connectivity index (χ0v) is 19.8. The number of hydrogen-bond donors (Lipinski definition) is 0. The second kappa shape index (κ2) is 10.4. The van der Waals surface area contributed by atoms with Crippen LogP contribution in [0.15, 0.2) is 54.7 Å². The van der Waals surface area contributed by atoms with Crippen molar-refractivity contribution in [3.63, 3.8) is 0 Å². The second-order valence-electron chi connectivity index (χ2n) is 8.82. The van der Waals surface area contributed by atoms with Gasteiger partial charge in [0, 0.05) is 37.9 Å². The fourth-order valence-corrected chi connectivity index (χ4v) is 4.87. The van der Waals surface area contributed by atoms with Gasteiger partial charge >= 0.3 is 0 Å². The predicted octanol–water partition coefficient (Wildman–Crippen LogP) is 4.15. The second-order valence-corrected chi connectivity index (χ2v) is 8.82. The molecule has 35 heavy (non-hydrogen) atoms. The van der Waals surface area contributed by atoms with Gasteiger partial charge in [-0.3, -0.25) is 4.79 Å². The number of halogens is 1. The van der Waals surface area contributed by atoms with Gasteiger partial charge in [-0.25, -0.2) is 14.4 Å². The minimum Gasteiger partial charge on any atom is -0.496 e. The first-order chi connectivity index (χ1) is 17.2. The summed E-state index contributed by atoms with van der Waals surface area (Å²) in [6.45, 7) is 3.67. The first-order valence-electron chi connectivity index (χ1n) is 12.0. The van der Waals surface area contributed by atoms with Crippen LogP contribution in [-0.2, 0) is 4.74 Å². The molecule has 2 aliphatic rings. The van der Waals surface area contributed by atoms with Crippen molar-refractivity contribution in [1.29, 1.82) is 0 Å². The number of carbonyl (C=O) groups is 1. The Morgan fingerprint density at radius 1 is 1.03 bits per heavy atom. The van der Waals surface area contributed by atoms with Gasteiger partial charge in [0.2, 0.25) is 5.95 Å². The molecule has 0 radical (unpaired) electrons. The molecule has 2 saturated heterocycles. The monoisotopic (exact) mass is 476 g/mol. The number of benzene rings is 2. The molecule has 0 unspecified atom stereocenters. The molecule has 3 heterocycles. The number of carbonyl (C=O) groups excluding carboxylic acids is 1. The SMILES string of the molecule is COc1ccccc1C1CCN(C(=O)c2cnc(N3CCOCC3)nc2-c2ccccc2F)CC1. The van der Waals surface area contributed by atoms with Crippen LogP contribution in [0, 0.1) is 5.82 Å². The van der Waals surface area contributed by atoms with E-state index in [4.69, 9.17) is 9.47 Å². The van der Waals surface area contributed by atoms with Crippen LogP contribution >= 0.6 is 0 Å². The van der Waals surface area contributed by atoms with Crippen molar-refractivity contribution < 1.29 is 18.7 Å². The van der Waals surface area contributed by atoms with E-state index in [2.05, 4.69) is 16.0 Å². The molecular formula is C27H29FN4O3. The number of ether oxygens (including phenoxy) is 2. The van der Waals surface area contributed by atoms with Crippen LogP contribution in [0.1, 0.15) is 34.7 Å². The Labute approximate surface area is 204 Å². The molecule has 182 valence electrons. The zero-order valence-electron chi connectivity index (χ0n) is 19.8. The molecule has 8 heteroatoms. The molecule has 0 aliphatic carbocycles. The van der Waals surface area contributed by atoms with Crippen LogP contribution in [0.5, 0.6) is 5.75 Å². The molecule has 3 aromatic rings. The highest BCUT2D eigenvalue weighted by molar-refractivity contribution is 6.00. The Morgan fingerprint density at radius 2 is 1.74 bits per heavy atom. The highest BCUT2D eigenvalue weighted by Gasteiger charge is 2.29. The number of para-hydroxylation sites is 1. The molecule has 0 N–H and O–H groups in total. The van der Waals surface area contributed by atoms with Crippen LogP contribution in [-0.4, -0.2) is 67.3 Å². The Morgan fingerprint density at radius 3 is 2.49 bits per heavy atom. The molecule has 1 amide bonds. The maximum absolute atomic E-state index is 14.8. The van der Waals surface area contributed by atoms with E-state index in [1.54, 1.807) is 31.5 Å². The van der Waals surface area contributed by atoms with E-state index in [-0.39, 0.29) is 5.91 Å². The Balaban J connectivity index is 1.41. The molecule has 2 aliphatic heterocycles. The lowest BCUT2D eigenvalue weighted by Gasteiger charge is -2.33. The summed E-state index contributed by atoms with van der Waals surface area (Å²) in [4.78, 5) is 26.6. The Bertz CT molecular complexity index is 1190. The molecule has 7 nitrogen and oxygen atoms in total. The number of anilines is 1. The number of aromatic nitrogens is 2. The van der Waals surface area contributed by atoms with E-state index < -0.39 is 5.82 Å². The fraction of sp³-hybridized carbons (Fsp3) is 0.370. The quantitative estimate of drug-likeness (QED) is 0.551. The van der Waals surface area contributed by atoms with Crippen molar-refractivity contribution in [3.8, 4) is 17.0 Å². The average Bonchev–Trinajstić information content (AvgIpc) is 2.93. The molecule has 0 saturated carbocycles.